The molecule has 2 rings (SSSR count). The van der Waals surface area contributed by atoms with Gasteiger partial charge in [0, 0.05) is 39.0 Å². The molecule has 0 bridgehead atoms. The van der Waals surface area contributed by atoms with Crippen LogP contribution in [0.5, 0.6) is 0 Å². The Kier molecular flexibility index (Phi) is 4.43. The van der Waals surface area contributed by atoms with Crippen LogP contribution >= 0.6 is 0 Å². The topological polar surface area (TPSA) is 32.8 Å². The molecule has 0 aromatic rings. The SMILES string of the molecule is COC1=CC2CN(C)CCN(C(C)=O)C/C=C\2C=C1. The molecule has 0 aromatic carbocycles. The second-order valence-electron chi connectivity index (χ2n) is 5.14. The molecule has 1 aliphatic carbocycles. The van der Waals surface area contributed by atoms with Crippen molar-refractivity contribution in [2.45, 2.75) is 6.92 Å². The zero-order valence-corrected chi connectivity index (χ0v) is 11.9. The minimum absolute atomic E-state index is 0.136. The Morgan fingerprint density at radius 3 is 2.84 bits per heavy atom. The molecule has 0 saturated carbocycles. The number of methoxy groups -OCH3 is 1. The molecule has 4 nitrogen and oxygen atoms in total. The number of likely N-dealkylation sites (N-methyl/N-ethyl adjacent to an activating group) is 1. The molecular weight excluding hydrogens is 240 g/mol. The van der Waals surface area contributed by atoms with Crippen LogP contribution in [0.2, 0.25) is 0 Å². The molecule has 0 aromatic heterocycles. The summed E-state index contributed by atoms with van der Waals surface area (Å²) in [7, 11) is 3.79. The summed E-state index contributed by atoms with van der Waals surface area (Å²) in [4.78, 5) is 15.7. The third-order valence-corrected chi connectivity index (χ3v) is 3.72. The lowest BCUT2D eigenvalue weighted by Crippen LogP contribution is -2.36. The van der Waals surface area contributed by atoms with E-state index in [0.717, 1.165) is 25.4 Å². The van der Waals surface area contributed by atoms with Crippen LogP contribution in [0, 0.1) is 5.92 Å². The van der Waals surface area contributed by atoms with Crippen molar-refractivity contribution in [3.05, 3.63) is 35.6 Å². The van der Waals surface area contributed by atoms with Gasteiger partial charge in [-0.15, -0.1) is 0 Å². The van der Waals surface area contributed by atoms with Crippen molar-refractivity contribution >= 4 is 5.91 Å². The van der Waals surface area contributed by atoms with Crippen molar-refractivity contribution in [2.24, 2.45) is 5.92 Å². The van der Waals surface area contributed by atoms with Gasteiger partial charge in [0.05, 0.1) is 7.11 Å². The van der Waals surface area contributed by atoms with Crippen LogP contribution in [-0.2, 0) is 9.53 Å². The number of amides is 1. The molecule has 19 heavy (non-hydrogen) atoms. The van der Waals surface area contributed by atoms with E-state index in [0.29, 0.717) is 12.5 Å². The average Bonchev–Trinajstić information content (AvgIpc) is 2.46. The molecule has 104 valence electrons. The Labute approximate surface area is 115 Å². The van der Waals surface area contributed by atoms with E-state index in [-0.39, 0.29) is 5.91 Å². The molecule has 0 spiro atoms. The van der Waals surface area contributed by atoms with Crippen molar-refractivity contribution in [3.63, 3.8) is 0 Å². The predicted molar refractivity (Wildman–Crippen MR) is 75.6 cm³/mol. The van der Waals surface area contributed by atoms with Crippen LogP contribution in [-0.4, -0.2) is 56.0 Å². The third kappa shape index (κ3) is 3.47. The number of allylic oxidation sites excluding steroid dienone is 2. The fourth-order valence-corrected chi connectivity index (χ4v) is 2.48. The molecule has 1 atom stereocenters. The number of carbonyl (C=O) groups is 1. The van der Waals surface area contributed by atoms with Gasteiger partial charge in [-0.3, -0.25) is 4.79 Å². The van der Waals surface area contributed by atoms with Gasteiger partial charge in [-0.25, -0.2) is 0 Å². The highest BCUT2D eigenvalue weighted by atomic mass is 16.5. The first-order valence-corrected chi connectivity index (χ1v) is 6.68. The first kappa shape index (κ1) is 13.9. The third-order valence-electron chi connectivity index (χ3n) is 3.72. The number of ether oxygens (including phenoxy) is 1. The lowest BCUT2D eigenvalue weighted by atomic mass is 9.93. The molecule has 0 radical (unpaired) electrons. The van der Waals surface area contributed by atoms with E-state index in [1.807, 2.05) is 11.0 Å². The lowest BCUT2D eigenvalue weighted by molar-refractivity contribution is -0.128. The number of carbonyl (C=O) groups excluding carboxylic acids is 1. The van der Waals surface area contributed by atoms with E-state index >= 15 is 0 Å². The zero-order valence-electron chi connectivity index (χ0n) is 11.9. The van der Waals surface area contributed by atoms with Gasteiger partial charge in [0.1, 0.15) is 5.76 Å². The van der Waals surface area contributed by atoms with Crippen molar-refractivity contribution in [3.8, 4) is 0 Å². The largest absolute Gasteiger partial charge is 0.497 e. The molecular formula is C15H22N2O2. The lowest BCUT2D eigenvalue weighted by Gasteiger charge is -2.25. The minimum Gasteiger partial charge on any atom is -0.497 e. The maximum absolute atomic E-state index is 11.6. The summed E-state index contributed by atoms with van der Waals surface area (Å²) < 4.78 is 5.30. The molecule has 0 saturated heterocycles. The first-order valence-electron chi connectivity index (χ1n) is 6.68. The smallest absolute Gasteiger partial charge is 0.219 e. The minimum atomic E-state index is 0.136. The summed E-state index contributed by atoms with van der Waals surface area (Å²) in [6.07, 6.45) is 8.40. The summed E-state index contributed by atoms with van der Waals surface area (Å²) in [6, 6.07) is 0. The monoisotopic (exact) mass is 262 g/mol. The summed E-state index contributed by atoms with van der Waals surface area (Å²) in [5.41, 5.74) is 1.26. The number of hydrogen-bond acceptors (Lipinski definition) is 3. The standard InChI is InChI=1S/C15H22N2O2/c1-12(18)17-7-6-13-4-5-15(19-3)10-14(13)11-16(2)8-9-17/h4-6,10,14H,7-9,11H2,1-3H3/b13-6-. The van der Waals surface area contributed by atoms with Gasteiger partial charge in [0.25, 0.3) is 0 Å². The molecule has 4 heteroatoms. The van der Waals surface area contributed by atoms with Crippen LogP contribution in [0.4, 0.5) is 0 Å². The van der Waals surface area contributed by atoms with Crippen molar-refractivity contribution in [2.75, 3.05) is 40.3 Å². The second-order valence-corrected chi connectivity index (χ2v) is 5.14. The molecule has 2 aliphatic rings. The number of fused-ring (bicyclic) bond motifs is 1. The van der Waals surface area contributed by atoms with Gasteiger partial charge in [-0.05, 0) is 24.8 Å². The van der Waals surface area contributed by atoms with Gasteiger partial charge in [0.2, 0.25) is 5.91 Å². The maximum Gasteiger partial charge on any atom is 0.219 e. The van der Waals surface area contributed by atoms with E-state index in [9.17, 15) is 4.79 Å². The highest BCUT2D eigenvalue weighted by Crippen LogP contribution is 2.24. The summed E-state index contributed by atoms with van der Waals surface area (Å²) in [6.45, 7) is 4.96. The van der Waals surface area contributed by atoms with Crippen LogP contribution in [0.1, 0.15) is 6.92 Å². The molecule has 1 amide bonds. The van der Waals surface area contributed by atoms with Gasteiger partial charge in [-0.2, -0.15) is 0 Å². The van der Waals surface area contributed by atoms with Crippen LogP contribution in [0.3, 0.4) is 0 Å². The summed E-state index contributed by atoms with van der Waals surface area (Å²) in [5.74, 6) is 1.40. The predicted octanol–water partition coefficient (Wildman–Crippen LogP) is 1.42. The van der Waals surface area contributed by atoms with Crippen LogP contribution in [0.25, 0.3) is 0 Å². The van der Waals surface area contributed by atoms with E-state index in [2.05, 4.69) is 30.2 Å². The second kappa shape index (κ2) is 6.06. The fraction of sp³-hybridized carbons (Fsp3) is 0.533. The Hall–Kier alpha value is -1.55. The Morgan fingerprint density at radius 1 is 1.37 bits per heavy atom. The van der Waals surface area contributed by atoms with E-state index in [4.69, 9.17) is 4.74 Å². The number of hydrogen-bond donors (Lipinski definition) is 0. The Bertz CT molecular complexity index is 437. The van der Waals surface area contributed by atoms with Crippen LogP contribution in [0.15, 0.2) is 35.6 Å². The van der Waals surface area contributed by atoms with Gasteiger partial charge < -0.3 is 14.5 Å². The van der Waals surface area contributed by atoms with E-state index in [1.54, 1.807) is 14.0 Å². The fourth-order valence-electron chi connectivity index (χ4n) is 2.48. The Balaban J connectivity index is 2.21. The van der Waals surface area contributed by atoms with Crippen molar-refractivity contribution in [1.82, 2.24) is 9.80 Å². The number of nitrogens with zero attached hydrogens (tertiary/aromatic N) is 2. The quantitative estimate of drug-likeness (QED) is 0.716. The first-order chi connectivity index (χ1) is 9.10. The summed E-state index contributed by atoms with van der Waals surface area (Å²) in [5, 5.41) is 0. The molecule has 1 aliphatic heterocycles. The zero-order chi connectivity index (χ0) is 13.8. The maximum atomic E-state index is 11.6. The highest BCUT2D eigenvalue weighted by molar-refractivity contribution is 5.73. The van der Waals surface area contributed by atoms with E-state index in [1.165, 1.54) is 5.57 Å². The number of rotatable bonds is 1. The van der Waals surface area contributed by atoms with Crippen molar-refractivity contribution < 1.29 is 9.53 Å². The molecule has 0 fully saturated rings. The molecule has 0 N–H and O–H groups in total. The Morgan fingerprint density at radius 2 is 2.16 bits per heavy atom. The van der Waals surface area contributed by atoms with Gasteiger partial charge >= 0.3 is 0 Å². The van der Waals surface area contributed by atoms with Crippen molar-refractivity contribution in [1.29, 1.82) is 0 Å². The average molecular weight is 262 g/mol. The van der Waals surface area contributed by atoms with Gasteiger partial charge in [-0.1, -0.05) is 12.2 Å². The van der Waals surface area contributed by atoms with Gasteiger partial charge in [0.15, 0.2) is 0 Å². The highest BCUT2D eigenvalue weighted by Gasteiger charge is 2.20. The molecule has 1 unspecified atom stereocenters. The van der Waals surface area contributed by atoms with E-state index < -0.39 is 0 Å². The summed E-state index contributed by atoms with van der Waals surface area (Å²) >= 11 is 0. The van der Waals surface area contributed by atoms with Crippen LogP contribution < -0.4 is 0 Å². The normalized spacial score (nSPS) is 27.3. The molecule has 1 heterocycles.